The summed E-state index contributed by atoms with van der Waals surface area (Å²) in [6.45, 7) is 1.38. The highest BCUT2D eigenvalue weighted by Crippen LogP contribution is 2.41. The van der Waals surface area contributed by atoms with E-state index in [4.69, 9.17) is 4.74 Å². The number of nitrogens with zero attached hydrogens (tertiary/aromatic N) is 1. The molecule has 1 N–H and O–H groups in total. The van der Waals surface area contributed by atoms with Gasteiger partial charge in [0.05, 0.1) is 25.1 Å². The Morgan fingerprint density at radius 2 is 1.81 bits per heavy atom. The number of carbonyl (C=O) groups excluding carboxylic acids is 1. The highest BCUT2D eigenvalue weighted by molar-refractivity contribution is 5.78. The largest absolute Gasteiger partial charge is 0.496 e. The minimum atomic E-state index is -4.57. The third kappa shape index (κ3) is 5.22. The van der Waals surface area contributed by atoms with E-state index in [0.717, 1.165) is 29.7 Å². The van der Waals surface area contributed by atoms with Crippen molar-refractivity contribution in [2.45, 2.75) is 44.9 Å². The van der Waals surface area contributed by atoms with E-state index in [1.165, 1.54) is 20.1 Å². The normalized spacial score (nSPS) is 14.9. The molecule has 36 heavy (non-hydrogen) atoms. The SMILES string of the molecule is COc1ccc(CC(=O)O)cc1-c1ccc(C(F)(F)F)cc1CN(C(C)=O)[C@H]1CCc2ccccc21. The van der Waals surface area contributed by atoms with Crippen molar-refractivity contribution in [2.24, 2.45) is 0 Å². The molecule has 3 aromatic rings. The standard InChI is InChI=1S/C28H26F3NO4/c1-17(33)32(25-11-8-19-5-3-4-6-23(19)25)16-20-15-21(28(29,30)31)9-10-22(20)24-13-18(14-27(34)35)7-12-26(24)36-2/h3-7,9-10,12-13,15,25H,8,11,14,16H2,1-2H3,(H,34,35)/t25-/m0/s1. The van der Waals surface area contributed by atoms with Gasteiger partial charge in [0.15, 0.2) is 0 Å². The summed E-state index contributed by atoms with van der Waals surface area (Å²) < 4.78 is 46.5. The summed E-state index contributed by atoms with van der Waals surface area (Å²) in [6.07, 6.45) is -3.34. The maximum atomic E-state index is 13.7. The van der Waals surface area contributed by atoms with Gasteiger partial charge in [0.25, 0.3) is 0 Å². The number of methoxy groups -OCH3 is 1. The van der Waals surface area contributed by atoms with Crippen molar-refractivity contribution in [1.29, 1.82) is 0 Å². The molecule has 1 aliphatic carbocycles. The topological polar surface area (TPSA) is 66.8 Å². The molecule has 0 aliphatic heterocycles. The van der Waals surface area contributed by atoms with Gasteiger partial charge in [-0.25, -0.2) is 0 Å². The van der Waals surface area contributed by atoms with Gasteiger partial charge in [0, 0.05) is 19.0 Å². The van der Waals surface area contributed by atoms with Gasteiger partial charge >= 0.3 is 12.1 Å². The molecule has 0 saturated carbocycles. The molecule has 1 aliphatic rings. The van der Waals surface area contributed by atoms with Crippen LogP contribution in [0.5, 0.6) is 5.75 Å². The number of ether oxygens (including phenoxy) is 1. The Kier molecular flexibility index (Phi) is 7.06. The number of aliphatic carboxylic acids is 1. The molecule has 1 atom stereocenters. The van der Waals surface area contributed by atoms with Crippen LogP contribution in [0, 0.1) is 0 Å². The second kappa shape index (κ2) is 10.0. The summed E-state index contributed by atoms with van der Waals surface area (Å²) in [6, 6.07) is 15.8. The molecule has 0 heterocycles. The van der Waals surface area contributed by atoms with Crippen molar-refractivity contribution in [3.63, 3.8) is 0 Å². The fourth-order valence-corrected chi connectivity index (χ4v) is 4.90. The zero-order chi connectivity index (χ0) is 26.0. The third-order valence-corrected chi connectivity index (χ3v) is 6.56. The maximum Gasteiger partial charge on any atom is 0.416 e. The van der Waals surface area contributed by atoms with Crippen molar-refractivity contribution in [3.8, 4) is 16.9 Å². The number of hydrogen-bond donors (Lipinski definition) is 1. The first kappa shape index (κ1) is 25.3. The summed E-state index contributed by atoms with van der Waals surface area (Å²) in [7, 11) is 1.44. The molecule has 0 bridgehead atoms. The van der Waals surface area contributed by atoms with Gasteiger partial charge in [-0.1, -0.05) is 36.4 Å². The second-order valence-electron chi connectivity index (χ2n) is 8.88. The lowest BCUT2D eigenvalue weighted by Gasteiger charge is -2.30. The quantitative estimate of drug-likeness (QED) is 0.432. The van der Waals surface area contributed by atoms with Crippen molar-refractivity contribution >= 4 is 11.9 Å². The van der Waals surface area contributed by atoms with Crippen LogP contribution in [-0.2, 0) is 35.2 Å². The molecular weight excluding hydrogens is 471 g/mol. The van der Waals surface area contributed by atoms with Crippen LogP contribution in [0.15, 0.2) is 60.7 Å². The van der Waals surface area contributed by atoms with Crippen molar-refractivity contribution in [2.75, 3.05) is 7.11 Å². The molecule has 0 unspecified atom stereocenters. The average molecular weight is 498 g/mol. The molecule has 0 aromatic heterocycles. The number of alkyl halides is 3. The summed E-state index contributed by atoms with van der Waals surface area (Å²) in [4.78, 5) is 25.7. The van der Waals surface area contributed by atoms with Crippen molar-refractivity contribution < 1.29 is 32.6 Å². The van der Waals surface area contributed by atoms with Crippen LogP contribution >= 0.6 is 0 Å². The third-order valence-electron chi connectivity index (χ3n) is 6.56. The lowest BCUT2D eigenvalue weighted by Crippen LogP contribution is -2.32. The summed E-state index contributed by atoms with van der Waals surface area (Å²) in [5.74, 6) is -0.876. The zero-order valence-corrected chi connectivity index (χ0v) is 19.9. The van der Waals surface area contributed by atoms with E-state index in [1.807, 2.05) is 24.3 Å². The van der Waals surface area contributed by atoms with Crippen LogP contribution in [0.25, 0.3) is 11.1 Å². The molecule has 0 saturated heterocycles. The van der Waals surface area contributed by atoms with Crippen LogP contribution in [-0.4, -0.2) is 29.0 Å². The molecule has 188 valence electrons. The van der Waals surface area contributed by atoms with Crippen LogP contribution < -0.4 is 4.74 Å². The molecule has 1 amide bonds. The molecule has 0 radical (unpaired) electrons. The molecule has 8 heteroatoms. The number of amides is 1. The average Bonchev–Trinajstić information content (AvgIpc) is 3.25. The maximum absolute atomic E-state index is 13.7. The number of halogens is 3. The highest BCUT2D eigenvalue weighted by atomic mass is 19.4. The van der Waals surface area contributed by atoms with E-state index >= 15 is 0 Å². The molecule has 5 nitrogen and oxygen atoms in total. The number of aryl methyl sites for hydroxylation is 1. The molecular formula is C28H26F3NO4. The van der Waals surface area contributed by atoms with Crippen LogP contribution in [0.4, 0.5) is 13.2 Å². The number of benzene rings is 3. The van der Waals surface area contributed by atoms with Crippen LogP contribution in [0.3, 0.4) is 0 Å². The molecule has 0 spiro atoms. The van der Waals surface area contributed by atoms with Gasteiger partial charge in [0.1, 0.15) is 5.75 Å². The fourth-order valence-electron chi connectivity index (χ4n) is 4.90. The summed E-state index contributed by atoms with van der Waals surface area (Å²) in [5.41, 5.74) is 3.01. The lowest BCUT2D eigenvalue weighted by atomic mass is 9.93. The Bertz CT molecular complexity index is 1300. The van der Waals surface area contributed by atoms with Crippen molar-refractivity contribution in [3.05, 3.63) is 88.5 Å². The van der Waals surface area contributed by atoms with Crippen molar-refractivity contribution in [1.82, 2.24) is 4.90 Å². The fraction of sp³-hybridized carbons (Fsp3) is 0.286. The predicted molar refractivity (Wildman–Crippen MR) is 128 cm³/mol. The smallest absolute Gasteiger partial charge is 0.416 e. The van der Waals surface area contributed by atoms with E-state index < -0.39 is 17.7 Å². The number of carboxylic acid groups (broad SMARTS) is 1. The molecule has 3 aromatic carbocycles. The van der Waals surface area contributed by atoms with E-state index in [0.29, 0.717) is 34.4 Å². The van der Waals surface area contributed by atoms with Crippen LogP contribution in [0.2, 0.25) is 0 Å². The van der Waals surface area contributed by atoms with Gasteiger partial charge in [-0.05, 0) is 64.9 Å². The van der Waals surface area contributed by atoms with E-state index in [9.17, 15) is 27.9 Å². The number of fused-ring (bicyclic) bond motifs is 1. The Labute approximate surface area is 207 Å². The molecule has 4 rings (SSSR count). The van der Waals surface area contributed by atoms with E-state index in [2.05, 4.69) is 0 Å². The van der Waals surface area contributed by atoms with Gasteiger partial charge in [-0.2, -0.15) is 13.2 Å². The molecule has 0 fully saturated rings. The Balaban J connectivity index is 1.83. The number of carboxylic acids is 1. The first-order chi connectivity index (χ1) is 17.1. The van der Waals surface area contributed by atoms with E-state index in [1.54, 1.807) is 23.1 Å². The second-order valence-corrected chi connectivity index (χ2v) is 8.88. The monoisotopic (exact) mass is 497 g/mol. The number of rotatable bonds is 7. The summed E-state index contributed by atoms with van der Waals surface area (Å²) >= 11 is 0. The Hall–Kier alpha value is -3.81. The predicted octanol–water partition coefficient (Wildman–Crippen LogP) is 6.04. The van der Waals surface area contributed by atoms with Gasteiger partial charge < -0.3 is 14.7 Å². The zero-order valence-electron chi connectivity index (χ0n) is 19.9. The highest BCUT2D eigenvalue weighted by Gasteiger charge is 2.33. The van der Waals surface area contributed by atoms with Crippen LogP contribution in [0.1, 0.15) is 47.2 Å². The minimum Gasteiger partial charge on any atom is -0.496 e. The Morgan fingerprint density at radius 1 is 1.06 bits per heavy atom. The van der Waals surface area contributed by atoms with E-state index in [-0.39, 0.29) is 24.9 Å². The van der Waals surface area contributed by atoms with Gasteiger partial charge in [0.2, 0.25) is 5.91 Å². The summed E-state index contributed by atoms with van der Waals surface area (Å²) in [5, 5.41) is 9.22. The lowest BCUT2D eigenvalue weighted by molar-refractivity contribution is -0.138. The minimum absolute atomic E-state index is 0.0418. The Morgan fingerprint density at radius 3 is 2.47 bits per heavy atom. The first-order valence-corrected chi connectivity index (χ1v) is 11.5. The van der Waals surface area contributed by atoms with Gasteiger partial charge in [-0.15, -0.1) is 0 Å². The number of hydrogen-bond acceptors (Lipinski definition) is 3. The number of carbonyl (C=O) groups is 2. The van der Waals surface area contributed by atoms with Gasteiger partial charge in [-0.3, -0.25) is 9.59 Å². The first-order valence-electron chi connectivity index (χ1n) is 11.5.